The fraction of sp³-hybridized carbons (Fsp3) is 0.400. The Morgan fingerprint density at radius 2 is 1.70 bits per heavy atom. The molecule has 2 amide bonds. The highest BCUT2D eigenvalue weighted by Gasteiger charge is 2.62. The quantitative estimate of drug-likeness (QED) is 0.216. The van der Waals surface area contributed by atoms with Crippen molar-refractivity contribution in [2.45, 2.75) is 57.2 Å². The Morgan fingerprint density at radius 3 is 2.23 bits per heavy atom. The van der Waals surface area contributed by atoms with Crippen LogP contribution in [-0.2, 0) is 20.0 Å². The zero-order valence-corrected chi connectivity index (χ0v) is 23.3. The van der Waals surface area contributed by atoms with E-state index >= 15 is 0 Å². The summed E-state index contributed by atoms with van der Waals surface area (Å²) in [4.78, 5) is 30.4. The average Bonchev–Trinajstić information content (AvgIpc) is 3.38. The van der Waals surface area contributed by atoms with Gasteiger partial charge in [-0.2, -0.15) is 18.2 Å². The average molecular weight is 629 g/mol. The van der Waals surface area contributed by atoms with Crippen LogP contribution in [0.3, 0.4) is 0 Å². The molecule has 0 bridgehead atoms. The number of hydrazine groups is 1. The number of amides is 2. The number of alkyl halides is 4. The molecule has 15 heteroatoms. The number of halogens is 8. The monoisotopic (exact) mass is 627 g/mol. The van der Waals surface area contributed by atoms with Gasteiger partial charge in [-0.3, -0.25) is 10.2 Å². The number of anilines is 1. The minimum atomic E-state index is -5.05. The van der Waals surface area contributed by atoms with Gasteiger partial charge in [-0.1, -0.05) is 46.0 Å². The molecule has 40 heavy (non-hydrogen) atoms. The molecule has 4 rings (SSSR count). The number of benzene rings is 2. The topological polar surface area (TPSA) is 80.2 Å². The van der Waals surface area contributed by atoms with Gasteiger partial charge in [-0.25, -0.2) is 13.6 Å². The van der Waals surface area contributed by atoms with Crippen LogP contribution in [0.4, 0.5) is 32.4 Å². The second-order valence-electron chi connectivity index (χ2n) is 10.2. The van der Waals surface area contributed by atoms with Gasteiger partial charge >= 0.3 is 12.3 Å². The fourth-order valence-electron chi connectivity index (χ4n) is 3.85. The SMILES string of the molecule is CC(C)(C)OC(=O)N(NC(=O)C1CC1F)c1cc(C2=NOC(c3cc(Cl)c(F)c(Cl)c3)(C(F)(F)F)C2)ccc1Cl. The number of ether oxygens (including phenoxy) is 1. The van der Waals surface area contributed by atoms with Crippen LogP contribution in [0, 0.1) is 11.7 Å². The first kappa shape index (κ1) is 30.1. The summed E-state index contributed by atoms with van der Waals surface area (Å²) in [6.07, 6.45) is -8.44. The summed E-state index contributed by atoms with van der Waals surface area (Å²) in [6, 6.07) is 5.26. The smallest absolute Gasteiger partial charge is 0.435 e. The number of hydrogen-bond acceptors (Lipinski definition) is 5. The van der Waals surface area contributed by atoms with Gasteiger partial charge in [0, 0.05) is 17.5 Å². The molecule has 2 aromatic carbocycles. The van der Waals surface area contributed by atoms with E-state index in [0.717, 1.165) is 12.1 Å². The Kier molecular flexibility index (Phi) is 7.94. The van der Waals surface area contributed by atoms with Gasteiger partial charge in [-0.05, 0) is 51.5 Å². The number of carbonyl (C=O) groups is 2. The molecule has 1 saturated carbocycles. The molecule has 1 heterocycles. The summed E-state index contributed by atoms with van der Waals surface area (Å²) < 4.78 is 76.0. The van der Waals surface area contributed by atoms with E-state index in [1.807, 2.05) is 0 Å². The fourth-order valence-corrected chi connectivity index (χ4v) is 4.54. The molecule has 216 valence electrons. The van der Waals surface area contributed by atoms with Crippen LogP contribution in [0.1, 0.15) is 44.7 Å². The Morgan fingerprint density at radius 1 is 1.10 bits per heavy atom. The Labute approximate surface area is 240 Å². The summed E-state index contributed by atoms with van der Waals surface area (Å²) >= 11 is 17.8. The van der Waals surface area contributed by atoms with Crippen LogP contribution >= 0.6 is 34.8 Å². The highest BCUT2D eigenvalue weighted by atomic mass is 35.5. The first-order valence-corrected chi connectivity index (χ1v) is 12.8. The third-order valence-corrected chi connectivity index (χ3v) is 6.87. The maximum absolute atomic E-state index is 14.4. The summed E-state index contributed by atoms with van der Waals surface area (Å²) in [5.41, 5.74) is -2.78. The van der Waals surface area contributed by atoms with Crippen molar-refractivity contribution in [2.75, 3.05) is 5.01 Å². The van der Waals surface area contributed by atoms with Gasteiger partial charge in [0.25, 0.3) is 5.60 Å². The molecule has 3 unspecified atom stereocenters. The van der Waals surface area contributed by atoms with Crippen molar-refractivity contribution in [2.24, 2.45) is 11.1 Å². The molecule has 0 radical (unpaired) electrons. The molecule has 1 N–H and O–H groups in total. The number of oxime groups is 1. The number of nitrogens with zero attached hydrogens (tertiary/aromatic N) is 2. The first-order chi connectivity index (χ1) is 18.4. The van der Waals surface area contributed by atoms with Gasteiger partial charge in [0.15, 0.2) is 5.82 Å². The number of rotatable bonds is 4. The lowest BCUT2D eigenvalue weighted by Crippen LogP contribution is -2.49. The molecule has 7 nitrogen and oxygen atoms in total. The number of nitrogens with one attached hydrogen (secondary N) is 1. The zero-order valence-electron chi connectivity index (χ0n) is 21.0. The second kappa shape index (κ2) is 10.5. The van der Waals surface area contributed by atoms with Crippen molar-refractivity contribution in [3.8, 4) is 0 Å². The maximum Gasteiger partial charge on any atom is 0.435 e. The molecule has 2 aromatic rings. The molecule has 3 atom stereocenters. The van der Waals surface area contributed by atoms with Crippen LogP contribution in [0.5, 0.6) is 0 Å². The number of hydrogen-bond donors (Lipinski definition) is 1. The highest BCUT2D eigenvalue weighted by Crippen LogP contribution is 2.50. The summed E-state index contributed by atoms with van der Waals surface area (Å²) in [7, 11) is 0. The lowest BCUT2D eigenvalue weighted by molar-refractivity contribution is -0.275. The second-order valence-corrected chi connectivity index (χ2v) is 11.4. The van der Waals surface area contributed by atoms with E-state index in [1.165, 1.54) is 18.2 Å². The summed E-state index contributed by atoms with van der Waals surface area (Å²) in [5, 5.41) is 2.89. The minimum absolute atomic E-state index is 0.0300. The van der Waals surface area contributed by atoms with Crippen molar-refractivity contribution in [1.29, 1.82) is 0 Å². The zero-order chi connectivity index (χ0) is 29.8. The van der Waals surface area contributed by atoms with Crippen molar-refractivity contribution < 1.29 is 41.1 Å². The molecular weight excluding hydrogens is 608 g/mol. The summed E-state index contributed by atoms with van der Waals surface area (Å²) in [5.74, 6) is -2.90. The van der Waals surface area contributed by atoms with E-state index < -0.39 is 69.3 Å². The Balaban J connectivity index is 1.71. The normalized spacial score (nSPS) is 22.3. The first-order valence-electron chi connectivity index (χ1n) is 11.7. The van der Waals surface area contributed by atoms with E-state index in [-0.39, 0.29) is 28.4 Å². The largest absolute Gasteiger partial charge is 0.442 e. The van der Waals surface area contributed by atoms with E-state index in [9.17, 15) is 31.5 Å². The molecule has 0 spiro atoms. The van der Waals surface area contributed by atoms with Gasteiger partial charge in [-0.15, -0.1) is 0 Å². The van der Waals surface area contributed by atoms with Crippen molar-refractivity contribution in [3.05, 3.63) is 62.3 Å². The molecule has 1 aliphatic heterocycles. The lowest BCUT2D eigenvalue weighted by atomic mass is 9.86. The predicted octanol–water partition coefficient (Wildman–Crippen LogP) is 7.50. The lowest BCUT2D eigenvalue weighted by Gasteiger charge is -2.30. The van der Waals surface area contributed by atoms with Crippen molar-refractivity contribution >= 4 is 58.2 Å². The van der Waals surface area contributed by atoms with Crippen LogP contribution in [0.15, 0.2) is 35.5 Å². The molecule has 0 aromatic heterocycles. The highest BCUT2D eigenvalue weighted by molar-refractivity contribution is 6.35. The van der Waals surface area contributed by atoms with Crippen molar-refractivity contribution in [1.82, 2.24) is 5.43 Å². The van der Waals surface area contributed by atoms with E-state index in [1.54, 1.807) is 20.8 Å². The predicted molar refractivity (Wildman–Crippen MR) is 138 cm³/mol. The van der Waals surface area contributed by atoms with Crippen molar-refractivity contribution in [3.63, 3.8) is 0 Å². The third-order valence-electron chi connectivity index (χ3n) is 6.00. The summed E-state index contributed by atoms with van der Waals surface area (Å²) in [6.45, 7) is 4.70. The number of carbonyl (C=O) groups excluding carboxylic acids is 2. The van der Waals surface area contributed by atoms with Crippen LogP contribution < -0.4 is 10.4 Å². The standard InChI is InChI=1S/C25H21Cl3F5N3O4/c1-23(2,3)39-22(38)36(34-21(37)13-9-17(13)29)19-6-11(4-5-14(19)26)18-10-24(40-35-18,25(31,32)33)12-7-15(27)20(30)16(28)8-12/h4-8,13,17H,9-10H2,1-3H3,(H,34,37). The van der Waals surface area contributed by atoms with E-state index in [2.05, 4.69) is 10.6 Å². The van der Waals surface area contributed by atoms with E-state index in [4.69, 9.17) is 44.4 Å². The minimum Gasteiger partial charge on any atom is -0.442 e. The van der Waals surface area contributed by atoms with Gasteiger partial charge in [0.05, 0.1) is 32.4 Å². The van der Waals surface area contributed by atoms with Gasteiger partial charge in [0.2, 0.25) is 5.91 Å². The maximum atomic E-state index is 14.4. The van der Waals surface area contributed by atoms with Crippen LogP contribution in [0.25, 0.3) is 0 Å². The Hall–Kier alpha value is -2.83. The molecule has 0 saturated heterocycles. The molecular formula is C25H21Cl3F5N3O4. The molecule has 2 aliphatic rings. The van der Waals surface area contributed by atoms with E-state index in [0.29, 0.717) is 5.01 Å². The molecule has 1 aliphatic carbocycles. The Bertz CT molecular complexity index is 1380. The van der Waals surface area contributed by atoms with Gasteiger partial charge in [0.1, 0.15) is 11.8 Å². The van der Waals surface area contributed by atoms with Crippen LogP contribution in [-0.4, -0.2) is 35.7 Å². The molecule has 1 fully saturated rings. The van der Waals surface area contributed by atoms with Crippen LogP contribution in [0.2, 0.25) is 15.1 Å². The van der Waals surface area contributed by atoms with Gasteiger partial charge < -0.3 is 9.57 Å². The third kappa shape index (κ3) is 5.94.